The quantitative estimate of drug-likeness (QED) is 0.561. The molecular formula is C24H31ClN6O3. The Balaban J connectivity index is 1.31. The number of piperazine rings is 1. The third kappa shape index (κ3) is 6.65. The second-order valence-electron chi connectivity index (χ2n) is 8.43. The van der Waals surface area contributed by atoms with Gasteiger partial charge in [-0.1, -0.05) is 17.7 Å². The van der Waals surface area contributed by atoms with Crippen molar-refractivity contribution in [2.45, 2.75) is 6.42 Å². The van der Waals surface area contributed by atoms with Crippen LogP contribution in [0.3, 0.4) is 0 Å². The van der Waals surface area contributed by atoms with Gasteiger partial charge in [-0.3, -0.25) is 19.5 Å². The van der Waals surface area contributed by atoms with Crippen molar-refractivity contribution >= 4 is 29.1 Å². The molecule has 0 spiro atoms. The Labute approximate surface area is 205 Å². The zero-order valence-electron chi connectivity index (χ0n) is 19.3. The zero-order valence-corrected chi connectivity index (χ0v) is 20.1. The molecular weight excluding hydrogens is 456 g/mol. The number of benzene rings is 1. The van der Waals surface area contributed by atoms with Gasteiger partial charge in [-0.15, -0.1) is 0 Å². The molecule has 2 aliphatic heterocycles. The van der Waals surface area contributed by atoms with E-state index in [1.807, 2.05) is 29.2 Å². The average Bonchev–Trinajstić information content (AvgIpc) is 2.89. The third-order valence-corrected chi connectivity index (χ3v) is 6.50. The van der Waals surface area contributed by atoms with Gasteiger partial charge in [0.25, 0.3) is 5.91 Å². The van der Waals surface area contributed by atoms with Crippen LogP contribution in [0.25, 0.3) is 0 Å². The van der Waals surface area contributed by atoms with Crippen molar-refractivity contribution in [2.75, 3.05) is 77.0 Å². The topological polar surface area (TPSA) is 82.1 Å². The van der Waals surface area contributed by atoms with Crippen molar-refractivity contribution in [1.82, 2.24) is 24.7 Å². The summed E-state index contributed by atoms with van der Waals surface area (Å²) in [7, 11) is 0. The summed E-state index contributed by atoms with van der Waals surface area (Å²) in [5, 5.41) is 0.709. The number of carbonyl (C=O) groups excluding carboxylic acids is 2. The number of rotatable bonds is 8. The first kappa shape index (κ1) is 24.4. The Hall–Kier alpha value is -2.75. The lowest BCUT2D eigenvalue weighted by atomic mass is 10.2. The number of anilines is 1. The van der Waals surface area contributed by atoms with Crippen LogP contribution < -0.4 is 4.90 Å². The number of morpholine rings is 1. The van der Waals surface area contributed by atoms with Gasteiger partial charge in [-0.25, -0.2) is 4.98 Å². The molecule has 2 fully saturated rings. The Morgan fingerprint density at radius 3 is 2.53 bits per heavy atom. The van der Waals surface area contributed by atoms with E-state index >= 15 is 0 Å². The number of amides is 2. The number of carbonyl (C=O) groups is 2. The molecule has 4 rings (SSSR count). The van der Waals surface area contributed by atoms with Crippen molar-refractivity contribution < 1.29 is 14.3 Å². The van der Waals surface area contributed by atoms with Gasteiger partial charge in [0, 0.05) is 88.4 Å². The summed E-state index contributed by atoms with van der Waals surface area (Å²) in [5.74, 6) is -0.131. The molecule has 0 unspecified atom stereocenters. The van der Waals surface area contributed by atoms with Crippen molar-refractivity contribution in [3.8, 4) is 0 Å². The van der Waals surface area contributed by atoms with Gasteiger partial charge in [0.2, 0.25) is 5.91 Å². The first-order valence-electron chi connectivity index (χ1n) is 11.7. The first-order chi connectivity index (χ1) is 16.6. The summed E-state index contributed by atoms with van der Waals surface area (Å²) < 4.78 is 5.41. The minimum absolute atomic E-state index is 0.0639. The van der Waals surface area contributed by atoms with E-state index in [0.717, 1.165) is 38.4 Å². The zero-order chi connectivity index (χ0) is 23.8. The van der Waals surface area contributed by atoms with Crippen LogP contribution in [0.1, 0.15) is 16.9 Å². The lowest BCUT2D eigenvalue weighted by molar-refractivity contribution is -0.131. The molecule has 182 valence electrons. The lowest BCUT2D eigenvalue weighted by Crippen LogP contribution is -2.49. The second kappa shape index (κ2) is 12.1. The Bertz CT molecular complexity index is 949. The molecule has 1 aromatic heterocycles. The van der Waals surface area contributed by atoms with Crippen molar-refractivity contribution in [1.29, 1.82) is 0 Å². The molecule has 1 aromatic carbocycles. The molecule has 2 aliphatic rings. The van der Waals surface area contributed by atoms with E-state index in [1.165, 1.54) is 12.4 Å². The highest BCUT2D eigenvalue weighted by Crippen LogP contribution is 2.21. The van der Waals surface area contributed by atoms with Crippen molar-refractivity contribution in [2.24, 2.45) is 0 Å². The number of ether oxygens (including phenoxy) is 1. The SMILES string of the molecule is O=C(CCN(CCN1CCOCC1)C(=O)c1cnccn1)N1CCN(c2cccc(Cl)c2)CC1. The van der Waals surface area contributed by atoms with E-state index in [2.05, 4.69) is 19.8 Å². The maximum absolute atomic E-state index is 13.1. The Kier molecular flexibility index (Phi) is 8.67. The molecule has 2 saturated heterocycles. The van der Waals surface area contributed by atoms with Crippen LogP contribution in [-0.2, 0) is 9.53 Å². The number of hydrogen-bond donors (Lipinski definition) is 0. The molecule has 10 heteroatoms. The summed E-state index contributed by atoms with van der Waals surface area (Å²) in [6.07, 6.45) is 4.81. The predicted molar refractivity (Wildman–Crippen MR) is 130 cm³/mol. The maximum atomic E-state index is 13.1. The standard InChI is InChI=1S/C24H31ClN6O3/c25-20-2-1-3-21(18-20)29-10-12-30(13-11-29)23(32)4-7-31(9-8-28-14-16-34-17-15-28)24(33)22-19-26-5-6-27-22/h1-3,5-6,18-19H,4,7-17H2. The van der Waals surface area contributed by atoms with Gasteiger partial charge >= 0.3 is 0 Å². The van der Waals surface area contributed by atoms with Gasteiger partial charge in [0.1, 0.15) is 5.69 Å². The predicted octanol–water partition coefficient (Wildman–Crippen LogP) is 1.64. The van der Waals surface area contributed by atoms with E-state index in [-0.39, 0.29) is 18.2 Å². The highest BCUT2D eigenvalue weighted by molar-refractivity contribution is 6.30. The van der Waals surface area contributed by atoms with E-state index in [9.17, 15) is 9.59 Å². The number of hydrogen-bond acceptors (Lipinski definition) is 7. The van der Waals surface area contributed by atoms with E-state index in [4.69, 9.17) is 16.3 Å². The fourth-order valence-electron chi connectivity index (χ4n) is 4.25. The normalized spacial score (nSPS) is 17.0. The summed E-state index contributed by atoms with van der Waals surface area (Å²) in [6, 6.07) is 7.78. The van der Waals surface area contributed by atoms with Gasteiger partial charge < -0.3 is 19.4 Å². The third-order valence-electron chi connectivity index (χ3n) is 6.26. The lowest BCUT2D eigenvalue weighted by Gasteiger charge is -2.36. The van der Waals surface area contributed by atoms with Crippen LogP contribution in [0, 0.1) is 0 Å². The van der Waals surface area contributed by atoms with Gasteiger partial charge in [0.15, 0.2) is 0 Å². The summed E-state index contributed by atoms with van der Waals surface area (Å²) in [5.41, 5.74) is 1.37. The van der Waals surface area contributed by atoms with E-state index < -0.39 is 0 Å². The molecule has 0 aliphatic carbocycles. The minimum atomic E-state index is -0.195. The fraction of sp³-hybridized carbons (Fsp3) is 0.500. The van der Waals surface area contributed by atoms with Crippen LogP contribution in [0.2, 0.25) is 5.02 Å². The number of nitrogens with zero attached hydrogens (tertiary/aromatic N) is 6. The fourth-order valence-corrected chi connectivity index (χ4v) is 4.43. The van der Waals surface area contributed by atoms with Crippen LogP contribution in [0.15, 0.2) is 42.9 Å². The number of halogens is 1. The maximum Gasteiger partial charge on any atom is 0.274 e. The number of aromatic nitrogens is 2. The van der Waals surface area contributed by atoms with Gasteiger partial charge in [-0.2, -0.15) is 0 Å². The molecule has 2 amide bonds. The largest absolute Gasteiger partial charge is 0.379 e. The first-order valence-corrected chi connectivity index (χ1v) is 12.1. The highest BCUT2D eigenvalue weighted by atomic mass is 35.5. The van der Waals surface area contributed by atoms with Gasteiger partial charge in [-0.05, 0) is 18.2 Å². The Morgan fingerprint density at radius 2 is 1.82 bits per heavy atom. The molecule has 9 nitrogen and oxygen atoms in total. The molecule has 34 heavy (non-hydrogen) atoms. The molecule has 0 saturated carbocycles. The Morgan fingerprint density at radius 1 is 1.03 bits per heavy atom. The molecule has 0 atom stereocenters. The van der Waals surface area contributed by atoms with E-state index in [0.29, 0.717) is 50.1 Å². The van der Waals surface area contributed by atoms with Crippen molar-refractivity contribution in [3.05, 3.63) is 53.6 Å². The van der Waals surface area contributed by atoms with Crippen LogP contribution in [-0.4, -0.2) is 109 Å². The van der Waals surface area contributed by atoms with Crippen LogP contribution in [0.4, 0.5) is 5.69 Å². The summed E-state index contributed by atoms with van der Waals surface area (Å²) >= 11 is 6.12. The van der Waals surface area contributed by atoms with E-state index in [1.54, 1.807) is 11.1 Å². The van der Waals surface area contributed by atoms with Crippen LogP contribution >= 0.6 is 11.6 Å². The molecule has 0 radical (unpaired) electrons. The van der Waals surface area contributed by atoms with Crippen LogP contribution in [0.5, 0.6) is 0 Å². The monoisotopic (exact) mass is 486 g/mol. The van der Waals surface area contributed by atoms with Crippen molar-refractivity contribution in [3.63, 3.8) is 0 Å². The summed E-state index contributed by atoms with van der Waals surface area (Å²) in [6.45, 7) is 7.55. The summed E-state index contributed by atoms with van der Waals surface area (Å²) in [4.78, 5) is 42.3. The minimum Gasteiger partial charge on any atom is -0.379 e. The van der Waals surface area contributed by atoms with Gasteiger partial charge in [0.05, 0.1) is 19.4 Å². The molecule has 0 N–H and O–H groups in total. The average molecular weight is 487 g/mol. The molecule has 2 aromatic rings. The smallest absolute Gasteiger partial charge is 0.274 e. The molecule has 0 bridgehead atoms. The molecule has 3 heterocycles. The highest BCUT2D eigenvalue weighted by Gasteiger charge is 2.24. The second-order valence-corrected chi connectivity index (χ2v) is 8.87.